The molecule has 3 rings (SSSR count). The summed E-state index contributed by atoms with van der Waals surface area (Å²) < 4.78 is 23.3. The first kappa shape index (κ1) is 34.8. The van der Waals surface area contributed by atoms with Crippen LogP contribution in [0, 0.1) is 0 Å². The second-order valence-corrected chi connectivity index (χ2v) is 11.9. The topological polar surface area (TPSA) is 147 Å². The van der Waals surface area contributed by atoms with Crippen LogP contribution in [0.15, 0.2) is 61.1 Å². The number of rotatable bonds is 15. The maximum absolute atomic E-state index is 13.5. The van der Waals surface area contributed by atoms with Crippen molar-refractivity contribution in [2.75, 3.05) is 20.8 Å². The molecule has 2 amide bonds. The summed E-state index contributed by atoms with van der Waals surface area (Å²) in [6, 6.07) is 12.8. The number of carbonyl (C=O) groups excluding carboxylic acids is 4. The molecule has 0 bridgehead atoms. The smallest absolute Gasteiger partial charge is 0.408 e. The molecule has 45 heavy (non-hydrogen) atoms. The molecule has 1 unspecified atom stereocenters. The van der Waals surface area contributed by atoms with Crippen molar-refractivity contribution in [2.24, 2.45) is 0 Å². The van der Waals surface area contributed by atoms with Gasteiger partial charge >= 0.3 is 6.09 Å². The lowest BCUT2D eigenvalue weighted by Crippen LogP contribution is -2.59. The summed E-state index contributed by atoms with van der Waals surface area (Å²) >= 11 is 0. The van der Waals surface area contributed by atoms with Crippen LogP contribution in [0.25, 0.3) is 0 Å². The number of methoxy groups -OCH3 is 2. The third kappa shape index (κ3) is 10.2. The number of alkyl carbamates (subject to hydrolysis) is 1. The summed E-state index contributed by atoms with van der Waals surface area (Å²) in [4.78, 5) is 55.6. The Hall–Kier alpha value is -4.71. The summed E-state index contributed by atoms with van der Waals surface area (Å²) in [7, 11) is 3.03. The number of benzene rings is 2. The number of ether oxygens (including phenoxy) is 4. The molecule has 0 saturated heterocycles. The summed E-state index contributed by atoms with van der Waals surface area (Å²) in [5.41, 5.74) is -0.237. The van der Waals surface area contributed by atoms with E-state index in [0.29, 0.717) is 22.8 Å². The summed E-state index contributed by atoms with van der Waals surface area (Å²) in [5.74, 6) is 0.0175. The van der Waals surface area contributed by atoms with E-state index in [1.54, 1.807) is 49.7 Å². The number of hydrogen-bond acceptors (Lipinski definition) is 9. The molecular weight excluding hydrogens is 580 g/mol. The van der Waals surface area contributed by atoms with Crippen molar-refractivity contribution in [1.82, 2.24) is 20.2 Å². The van der Waals surface area contributed by atoms with Crippen molar-refractivity contribution >= 4 is 24.1 Å². The number of aromatic nitrogens is 2. The Labute approximate surface area is 263 Å². The fourth-order valence-electron chi connectivity index (χ4n) is 4.32. The van der Waals surface area contributed by atoms with Crippen LogP contribution >= 0.6 is 0 Å². The molecule has 12 nitrogen and oxygen atoms in total. The van der Waals surface area contributed by atoms with Crippen LogP contribution in [0.3, 0.4) is 0 Å². The Balaban J connectivity index is 1.76. The van der Waals surface area contributed by atoms with Gasteiger partial charge in [-0.05, 0) is 57.9 Å². The molecule has 0 aliphatic carbocycles. The van der Waals surface area contributed by atoms with E-state index < -0.39 is 35.2 Å². The van der Waals surface area contributed by atoms with Gasteiger partial charge in [-0.2, -0.15) is 0 Å². The largest absolute Gasteiger partial charge is 0.493 e. The van der Waals surface area contributed by atoms with Gasteiger partial charge in [0.15, 0.2) is 17.3 Å². The fraction of sp³-hybridized carbons (Fsp3) is 0.424. The average molecular weight is 623 g/mol. The van der Waals surface area contributed by atoms with E-state index in [0.717, 1.165) is 11.8 Å². The Kier molecular flexibility index (Phi) is 11.9. The Morgan fingerprint density at radius 2 is 1.67 bits per heavy atom. The second-order valence-electron chi connectivity index (χ2n) is 11.9. The van der Waals surface area contributed by atoms with Crippen molar-refractivity contribution in [3.8, 4) is 11.5 Å². The highest BCUT2D eigenvalue weighted by atomic mass is 16.6. The van der Waals surface area contributed by atoms with E-state index in [-0.39, 0.29) is 25.4 Å². The van der Waals surface area contributed by atoms with Crippen LogP contribution in [0.4, 0.5) is 4.79 Å². The van der Waals surface area contributed by atoms with Crippen LogP contribution in [0.5, 0.6) is 11.5 Å². The van der Waals surface area contributed by atoms with E-state index in [1.807, 2.05) is 30.3 Å². The summed E-state index contributed by atoms with van der Waals surface area (Å²) in [6.45, 7) is 8.26. The SMILES string of the molecule is COc1ccc(C(C=O)n2cnc(CC(=O)[C@@H](COCc3ccccc3)NC(=O)C(C)(C)NC(=O)OC(C)(C)C)c2)cc1OC. The monoisotopic (exact) mass is 622 g/mol. The number of nitrogens with one attached hydrogen (secondary N) is 2. The highest BCUT2D eigenvalue weighted by molar-refractivity contribution is 5.94. The first-order chi connectivity index (χ1) is 21.3. The zero-order valence-corrected chi connectivity index (χ0v) is 26.8. The number of nitrogens with zero attached hydrogens (tertiary/aromatic N) is 2. The minimum absolute atomic E-state index is 0.120. The van der Waals surface area contributed by atoms with Gasteiger partial charge in [-0.25, -0.2) is 9.78 Å². The molecule has 12 heteroatoms. The van der Waals surface area contributed by atoms with Crippen LogP contribution in [0.1, 0.15) is 57.5 Å². The molecule has 2 N–H and O–H groups in total. The molecular formula is C33H42N4O8. The first-order valence-electron chi connectivity index (χ1n) is 14.4. The molecule has 3 aromatic rings. The van der Waals surface area contributed by atoms with Gasteiger partial charge in [0.1, 0.15) is 29.5 Å². The van der Waals surface area contributed by atoms with Crippen LogP contribution in [-0.4, -0.2) is 71.6 Å². The molecule has 0 radical (unpaired) electrons. The molecule has 2 aromatic carbocycles. The van der Waals surface area contributed by atoms with Crippen LogP contribution in [-0.2, 0) is 36.9 Å². The fourth-order valence-corrected chi connectivity index (χ4v) is 4.32. The zero-order chi connectivity index (χ0) is 33.2. The van der Waals surface area contributed by atoms with E-state index in [4.69, 9.17) is 18.9 Å². The van der Waals surface area contributed by atoms with E-state index in [9.17, 15) is 19.2 Å². The number of Topliss-reactive ketones (excluding diaryl/α,β-unsaturated/α-hetero) is 1. The van der Waals surface area contributed by atoms with Gasteiger partial charge in [-0.1, -0.05) is 36.4 Å². The molecule has 0 saturated carbocycles. The standard InChI is InChI=1S/C33H42N4O8/c1-32(2,3)45-31(41)36-33(4,5)30(40)35-25(20-44-19-22-11-9-8-10-12-22)27(39)16-24-17-37(21-34-24)26(18-38)23-13-14-28(42-6)29(15-23)43-7/h8-15,17-18,21,25-26H,16,19-20H2,1-7H3,(H,35,40)(H,36,41)/t25-,26?/m1/s1. The Morgan fingerprint density at radius 1 is 0.978 bits per heavy atom. The van der Waals surface area contributed by atoms with Crippen molar-refractivity contribution in [2.45, 2.75) is 70.9 Å². The maximum atomic E-state index is 13.5. The summed E-state index contributed by atoms with van der Waals surface area (Å²) in [6.07, 6.45) is 2.91. The zero-order valence-electron chi connectivity index (χ0n) is 26.8. The Morgan fingerprint density at radius 3 is 2.29 bits per heavy atom. The van der Waals surface area contributed by atoms with Crippen LogP contribution < -0.4 is 20.1 Å². The second kappa shape index (κ2) is 15.3. The maximum Gasteiger partial charge on any atom is 0.408 e. The number of hydrogen-bond donors (Lipinski definition) is 2. The van der Waals surface area contributed by atoms with Gasteiger partial charge in [0.2, 0.25) is 5.91 Å². The van der Waals surface area contributed by atoms with E-state index >= 15 is 0 Å². The number of ketones is 1. The average Bonchev–Trinajstić information content (AvgIpc) is 3.43. The van der Waals surface area contributed by atoms with Gasteiger partial charge in [0, 0.05) is 6.20 Å². The van der Waals surface area contributed by atoms with Gasteiger partial charge in [-0.3, -0.25) is 9.59 Å². The molecule has 0 spiro atoms. The van der Waals surface area contributed by atoms with Crippen LogP contribution in [0.2, 0.25) is 0 Å². The molecule has 1 heterocycles. The normalized spacial score (nSPS) is 12.9. The number of imidazole rings is 1. The van der Waals surface area contributed by atoms with Crippen molar-refractivity contribution < 1.29 is 38.1 Å². The molecule has 0 aliphatic heterocycles. The quantitative estimate of drug-likeness (QED) is 0.242. The third-order valence-corrected chi connectivity index (χ3v) is 6.68. The molecule has 1 aromatic heterocycles. The van der Waals surface area contributed by atoms with Crippen molar-refractivity contribution in [1.29, 1.82) is 0 Å². The lowest BCUT2D eigenvalue weighted by Gasteiger charge is -2.29. The molecule has 242 valence electrons. The summed E-state index contributed by atoms with van der Waals surface area (Å²) in [5, 5.41) is 5.27. The number of amides is 2. The van der Waals surface area contributed by atoms with Crippen molar-refractivity contribution in [3.63, 3.8) is 0 Å². The molecule has 0 fully saturated rings. The minimum atomic E-state index is -1.40. The van der Waals surface area contributed by atoms with Gasteiger partial charge < -0.3 is 38.9 Å². The van der Waals surface area contributed by atoms with E-state index in [1.165, 1.54) is 34.4 Å². The predicted octanol–water partition coefficient (Wildman–Crippen LogP) is 3.81. The third-order valence-electron chi connectivity index (χ3n) is 6.68. The lowest BCUT2D eigenvalue weighted by atomic mass is 10.0. The lowest BCUT2D eigenvalue weighted by molar-refractivity contribution is -0.132. The number of carbonyl (C=O) groups is 4. The van der Waals surface area contributed by atoms with Gasteiger partial charge in [0.05, 0.1) is 45.9 Å². The molecule has 2 atom stereocenters. The highest BCUT2D eigenvalue weighted by Crippen LogP contribution is 2.30. The minimum Gasteiger partial charge on any atom is -0.493 e. The van der Waals surface area contributed by atoms with E-state index in [2.05, 4.69) is 15.6 Å². The predicted molar refractivity (Wildman–Crippen MR) is 166 cm³/mol. The number of aldehydes is 1. The first-order valence-corrected chi connectivity index (χ1v) is 14.4. The Bertz CT molecular complexity index is 1460. The van der Waals surface area contributed by atoms with Gasteiger partial charge in [-0.15, -0.1) is 0 Å². The van der Waals surface area contributed by atoms with Crippen molar-refractivity contribution in [3.05, 3.63) is 77.9 Å². The van der Waals surface area contributed by atoms with Gasteiger partial charge in [0.25, 0.3) is 0 Å². The highest BCUT2D eigenvalue weighted by Gasteiger charge is 2.34. The molecule has 0 aliphatic rings.